The number of carboxylic acids is 1. The third kappa shape index (κ3) is 6.18. The van der Waals surface area contributed by atoms with Crippen LogP contribution in [0.15, 0.2) is 66.8 Å². The van der Waals surface area contributed by atoms with Crippen molar-refractivity contribution in [1.29, 1.82) is 0 Å². The molecule has 2 unspecified atom stereocenters. The van der Waals surface area contributed by atoms with Gasteiger partial charge in [-0.15, -0.1) is 11.3 Å². The Morgan fingerprint density at radius 1 is 1.42 bits per heavy atom. The zero-order valence-electron chi connectivity index (χ0n) is 20.6. The van der Waals surface area contributed by atoms with E-state index >= 15 is 0 Å². The van der Waals surface area contributed by atoms with E-state index in [0.29, 0.717) is 52.6 Å². The number of carbonyl (C=O) groups excluding carboxylic acids is 1. The predicted molar refractivity (Wildman–Crippen MR) is 146 cm³/mol. The van der Waals surface area contributed by atoms with Crippen molar-refractivity contribution in [3.8, 4) is 0 Å². The summed E-state index contributed by atoms with van der Waals surface area (Å²) in [4.78, 5) is 37.7. The summed E-state index contributed by atoms with van der Waals surface area (Å²) in [7, 11) is 0. The molecule has 1 aromatic carbocycles. The van der Waals surface area contributed by atoms with Crippen molar-refractivity contribution in [2.24, 2.45) is 21.6 Å². The maximum atomic E-state index is 14.6. The summed E-state index contributed by atoms with van der Waals surface area (Å²) < 4.78 is 20.3. The molecule has 12 heteroatoms. The number of carbonyl (C=O) groups is 2. The van der Waals surface area contributed by atoms with E-state index in [-0.39, 0.29) is 30.0 Å². The van der Waals surface area contributed by atoms with Crippen LogP contribution < -0.4 is 11.1 Å². The molecule has 1 aliphatic carbocycles. The minimum atomic E-state index is -0.926. The summed E-state index contributed by atoms with van der Waals surface area (Å²) in [5, 5.41) is 14.7. The van der Waals surface area contributed by atoms with Crippen molar-refractivity contribution in [1.82, 2.24) is 10.3 Å². The lowest BCUT2D eigenvalue weighted by Crippen LogP contribution is -2.38. The van der Waals surface area contributed by atoms with E-state index in [1.54, 1.807) is 31.5 Å². The molecule has 2 atom stereocenters. The van der Waals surface area contributed by atoms with Crippen LogP contribution in [0.2, 0.25) is 0 Å². The average Bonchev–Trinajstić information content (AvgIpc) is 3.44. The molecule has 0 radical (unpaired) electrons. The lowest BCUT2D eigenvalue weighted by atomic mass is 9.81. The van der Waals surface area contributed by atoms with Gasteiger partial charge >= 0.3 is 11.9 Å². The SMILES string of the molecule is CCOC(=O)C1=C(C2CCC(N)=C(C=NCCC(=O)O)C2)NC(c2nccs2)=NC1c1cccc(F)c1Br. The van der Waals surface area contributed by atoms with Gasteiger partial charge in [0.05, 0.1) is 23.1 Å². The van der Waals surface area contributed by atoms with Crippen LogP contribution in [0.3, 0.4) is 0 Å². The van der Waals surface area contributed by atoms with E-state index in [0.717, 1.165) is 5.57 Å². The van der Waals surface area contributed by atoms with Crippen molar-refractivity contribution >= 4 is 51.3 Å². The molecule has 1 aliphatic heterocycles. The molecule has 2 heterocycles. The number of aliphatic imine (C=N–C) groups is 2. The Kier molecular flexibility index (Phi) is 9.05. The smallest absolute Gasteiger partial charge is 0.338 e. The van der Waals surface area contributed by atoms with Crippen LogP contribution in [-0.4, -0.2) is 47.2 Å². The van der Waals surface area contributed by atoms with Crippen molar-refractivity contribution in [2.75, 3.05) is 13.2 Å². The second-order valence-electron chi connectivity index (χ2n) is 8.70. The number of hydrogen-bond acceptors (Lipinski definition) is 9. The van der Waals surface area contributed by atoms with Crippen LogP contribution in [-0.2, 0) is 14.3 Å². The summed E-state index contributed by atoms with van der Waals surface area (Å²) >= 11 is 4.74. The third-order valence-corrected chi connectivity index (χ3v) is 7.85. The number of halogens is 2. The molecular weight excluding hydrogens is 577 g/mol. The van der Waals surface area contributed by atoms with Gasteiger partial charge in [-0.05, 0) is 59.3 Å². The van der Waals surface area contributed by atoms with Crippen LogP contribution >= 0.6 is 27.3 Å². The number of benzene rings is 1. The summed E-state index contributed by atoms with van der Waals surface area (Å²) in [6.07, 6.45) is 4.88. The van der Waals surface area contributed by atoms with E-state index < -0.39 is 23.8 Å². The first-order chi connectivity index (χ1) is 18.3. The van der Waals surface area contributed by atoms with Crippen LogP contribution in [0.1, 0.15) is 49.2 Å². The van der Waals surface area contributed by atoms with Gasteiger partial charge in [-0.3, -0.25) is 14.8 Å². The topological polar surface area (TPSA) is 139 Å². The van der Waals surface area contributed by atoms with Gasteiger partial charge in [0.2, 0.25) is 0 Å². The Hall–Kier alpha value is -3.38. The first kappa shape index (κ1) is 27.6. The lowest BCUT2D eigenvalue weighted by Gasteiger charge is -2.33. The molecule has 2 aromatic rings. The molecule has 4 N–H and O–H groups in total. The molecule has 0 saturated carbocycles. The predicted octanol–water partition coefficient (Wildman–Crippen LogP) is 4.51. The number of nitrogens with two attached hydrogens (primary N) is 1. The van der Waals surface area contributed by atoms with E-state index in [1.165, 1.54) is 17.4 Å². The number of nitrogens with one attached hydrogen (secondary N) is 1. The Morgan fingerprint density at radius 3 is 2.95 bits per heavy atom. The zero-order valence-corrected chi connectivity index (χ0v) is 23.0. The number of thiazole rings is 1. The minimum Gasteiger partial charge on any atom is -0.481 e. The number of ether oxygens (including phenoxy) is 1. The summed E-state index contributed by atoms with van der Waals surface area (Å²) in [6, 6.07) is 3.79. The van der Waals surface area contributed by atoms with Crippen molar-refractivity contribution < 1.29 is 23.8 Å². The molecule has 200 valence electrons. The molecule has 0 fully saturated rings. The quantitative estimate of drug-likeness (QED) is 0.283. The summed E-state index contributed by atoms with van der Waals surface area (Å²) in [5.41, 5.74) is 9.14. The Labute approximate surface area is 231 Å². The molecule has 38 heavy (non-hydrogen) atoms. The van der Waals surface area contributed by atoms with Gasteiger partial charge in [0, 0.05) is 41.6 Å². The average molecular weight is 605 g/mol. The number of carboxylic acid groups (broad SMARTS) is 1. The normalized spacial score (nSPS) is 19.9. The zero-order chi connectivity index (χ0) is 27.2. The Bertz CT molecular complexity index is 1340. The lowest BCUT2D eigenvalue weighted by molar-refractivity contribution is -0.139. The van der Waals surface area contributed by atoms with Gasteiger partial charge < -0.3 is 20.9 Å². The van der Waals surface area contributed by atoms with Crippen LogP contribution in [0.25, 0.3) is 0 Å². The van der Waals surface area contributed by atoms with Crippen LogP contribution in [0, 0.1) is 11.7 Å². The highest BCUT2D eigenvalue weighted by Gasteiger charge is 2.38. The molecular formula is C26H27BrFN5O4S. The minimum absolute atomic E-state index is 0.0787. The molecule has 2 aliphatic rings. The number of amidine groups is 1. The number of esters is 1. The standard InChI is InChI=1S/C26H27BrFN5O4S/c1-2-37-26(36)20-22(14-6-7-18(29)15(12-14)13-30-9-8-19(34)35)32-24(25-31-10-11-38-25)33-23(20)16-4-3-5-17(28)21(16)27/h3-5,10-11,13-14,23H,2,6-9,12,29H2,1H3,(H,32,33)(H,34,35). The van der Waals surface area contributed by atoms with Gasteiger partial charge in [0.1, 0.15) is 11.9 Å². The van der Waals surface area contributed by atoms with Gasteiger partial charge in [0.25, 0.3) is 0 Å². The fourth-order valence-electron chi connectivity index (χ4n) is 4.43. The number of aromatic nitrogens is 1. The summed E-state index contributed by atoms with van der Waals surface area (Å²) in [5.74, 6) is -1.64. The van der Waals surface area contributed by atoms with E-state index in [9.17, 15) is 14.0 Å². The fraction of sp³-hybridized carbons (Fsp3) is 0.346. The number of allylic oxidation sites excluding steroid dienone is 3. The Balaban J connectivity index is 1.79. The molecule has 9 nitrogen and oxygen atoms in total. The first-order valence-electron chi connectivity index (χ1n) is 12.1. The molecule has 0 amide bonds. The van der Waals surface area contributed by atoms with Gasteiger partial charge in [-0.2, -0.15) is 0 Å². The van der Waals surface area contributed by atoms with Crippen molar-refractivity contribution in [3.63, 3.8) is 0 Å². The van der Waals surface area contributed by atoms with Gasteiger partial charge in [-0.25, -0.2) is 14.2 Å². The van der Waals surface area contributed by atoms with Gasteiger partial charge in [0.15, 0.2) is 10.8 Å². The number of hydrogen-bond donors (Lipinski definition) is 3. The maximum Gasteiger partial charge on any atom is 0.338 e. The molecule has 1 aromatic heterocycles. The first-order valence-corrected chi connectivity index (χ1v) is 13.8. The van der Waals surface area contributed by atoms with E-state index in [1.807, 2.05) is 5.38 Å². The molecule has 0 spiro atoms. The van der Waals surface area contributed by atoms with E-state index in [2.05, 4.69) is 31.2 Å². The number of rotatable bonds is 9. The maximum absolute atomic E-state index is 14.6. The highest BCUT2D eigenvalue weighted by Crippen LogP contribution is 2.41. The molecule has 4 rings (SSSR count). The van der Waals surface area contributed by atoms with Crippen LogP contribution in [0.4, 0.5) is 4.39 Å². The monoisotopic (exact) mass is 603 g/mol. The van der Waals surface area contributed by atoms with Crippen molar-refractivity contribution in [2.45, 2.75) is 38.6 Å². The van der Waals surface area contributed by atoms with Crippen molar-refractivity contribution in [3.05, 3.63) is 73.2 Å². The third-order valence-electron chi connectivity index (χ3n) is 6.23. The summed E-state index contributed by atoms with van der Waals surface area (Å²) in [6.45, 7) is 2.03. The highest BCUT2D eigenvalue weighted by atomic mass is 79.9. The second kappa shape index (κ2) is 12.4. The number of nitrogens with zero attached hydrogens (tertiary/aromatic N) is 3. The van der Waals surface area contributed by atoms with Crippen LogP contribution in [0.5, 0.6) is 0 Å². The van der Waals surface area contributed by atoms with E-state index in [4.69, 9.17) is 20.6 Å². The molecule has 0 bridgehead atoms. The molecule has 0 saturated heterocycles. The largest absolute Gasteiger partial charge is 0.481 e. The number of aliphatic carboxylic acids is 1. The Morgan fingerprint density at radius 2 is 2.24 bits per heavy atom. The van der Waals surface area contributed by atoms with Gasteiger partial charge in [-0.1, -0.05) is 12.1 Å². The fourth-order valence-corrected chi connectivity index (χ4v) is 5.50. The second-order valence-corrected chi connectivity index (χ2v) is 10.4. The highest BCUT2D eigenvalue weighted by molar-refractivity contribution is 9.10.